The molecule has 0 aromatic heterocycles. The van der Waals surface area contributed by atoms with E-state index >= 15 is 0 Å². The number of nitrogens with one attached hydrogen (secondary N) is 1. The third kappa shape index (κ3) is 4.59. The summed E-state index contributed by atoms with van der Waals surface area (Å²) in [6.45, 7) is 1.77. The summed E-state index contributed by atoms with van der Waals surface area (Å²) in [7, 11) is 1.44. The van der Waals surface area contributed by atoms with Crippen LogP contribution in [0.4, 0.5) is 10.1 Å². The lowest BCUT2D eigenvalue weighted by Gasteiger charge is -2.12. The molecule has 2 aromatic carbocycles. The van der Waals surface area contributed by atoms with E-state index in [2.05, 4.69) is 21.2 Å². The largest absolute Gasteiger partial charge is 0.495 e. The Morgan fingerprint density at radius 1 is 1.40 bits per heavy atom. The van der Waals surface area contributed by atoms with Crippen molar-refractivity contribution >= 4 is 45.2 Å². The van der Waals surface area contributed by atoms with Crippen LogP contribution >= 0.6 is 27.5 Å². The number of carbonyl (C=O) groups is 1. The first-order valence-corrected chi connectivity index (χ1v) is 8.25. The Labute approximate surface area is 158 Å². The summed E-state index contributed by atoms with van der Waals surface area (Å²) in [4.78, 5) is 12.4. The lowest BCUT2D eigenvalue weighted by atomic mass is 10.1. The van der Waals surface area contributed by atoms with Gasteiger partial charge in [0.1, 0.15) is 23.2 Å². The fraction of sp³-hybridized carbons (Fsp3) is 0.111. The Bertz CT molecular complexity index is 907. The average molecular weight is 424 g/mol. The molecule has 0 radical (unpaired) electrons. The van der Waals surface area contributed by atoms with Crippen molar-refractivity contribution in [3.8, 4) is 11.8 Å². The summed E-state index contributed by atoms with van der Waals surface area (Å²) in [5.41, 5.74) is 0.996. The lowest BCUT2D eigenvalue weighted by molar-refractivity contribution is -0.112. The lowest BCUT2D eigenvalue weighted by Crippen LogP contribution is -2.14. The molecule has 0 unspecified atom stereocenters. The minimum atomic E-state index is -0.676. The first-order valence-electron chi connectivity index (χ1n) is 7.08. The van der Waals surface area contributed by atoms with Gasteiger partial charge in [-0.3, -0.25) is 4.79 Å². The second kappa shape index (κ2) is 8.15. The second-order valence-corrected chi connectivity index (χ2v) is 6.41. The van der Waals surface area contributed by atoms with Gasteiger partial charge in [-0.1, -0.05) is 33.6 Å². The molecule has 7 heteroatoms. The van der Waals surface area contributed by atoms with Crippen LogP contribution < -0.4 is 10.1 Å². The number of amides is 1. The highest BCUT2D eigenvalue weighted by molar-refractivity contribution is 9.10. The van der Waals surface area contributed by atoms with Gasteiger partial charge >= 0.3 is 0 Å². The fourth-order valence-corrected chi connectivity index (χ4v) is 2.53. The van der Waals surface area contributed by atoms with Crippen LogP contribution in [-0.2, 0) is 4.79 Å². The Morgan fingerprint density at radius 2 is 2.12 bits per heavy atom. The van der Waals surface area contributed by atoms with Crippen LogP contribution in [0.15, 0.2) is 40.4 Å². The minimum Gasteiger partial charge on any atom is -0.495 e. The van der Waals surface area contributed by atoms with E-state index in [0.29, 0.717) is 20.9 Å². The van der Waals surface area contributed by atoms with Crippen molar-refractivity contribution in [2.24, 2.45) is 0 Å². The number of ether oxygens (including phenoxy) is 1. The molecule has 0 bridgehead atoms. The molecule has 25 heavy (non-hydrogen) atoms. The molecular formula is C18H13BrClFN2O2. The number of carbonyl (C=O) groups excluding carboxylic acids is 1. The van der Waals surface area contributed by atoms with Crippen molar-refractivity contribution in [3.63, 3.8) is 0 Å². The number of hydrogen-bond acceptors (Lipinski definition) is 3. The van der Waals surface area contributed by atoms with E-state index in [-0.39, 0.29) is 11.1 Å². The van der Waals surface area contributed by atoms with Gasteiger partial charge in [-0.2, -0.15) is 5.26 Å². The normalized spacial score (nSPS) is 11.0. The van der Waals surface area contributed by atoms with Crippen LogP contribution in [0.1, 0.15) is 11.1 Å². The molecule has 1 amide bonds. The van der Waals surface area contributed by atoms with E-state index in [9.17, 15) is 14.4 Å². The third-order valence-corrected chi connectivity index (χ3v) is 4.26. The summed E-state index contributed by atoms with van der Waals surface area (Å²) in [5, 5.41) is 12.3. The molecule has 1 N–H and O–H groups in total. The van der Waals surface area contributed by atoms with Gasteiger partial charge in [0.15, 0.2) is 0 Å². The van der Waals surface area contributed by atoms with Crippen LogP contribution in [0, 0.1) is 24.1 Å². The number of methoxy groups -OCH3 is 1. The highest BCUT2D eigenvalue weighted by atomic mass is 79.9. The summed E-state index contributed by atoms with van der Waals surface area (Å²) >= 11 is 9.18. The zero-order valence-corrected chi connectivity index (χ0v) is 15.7. The molecule has 0 saturated heterocycles. The van der Waals surface area contributed by atoms with Gasteiger partial charge in [0.25, 0.3) is 5.91 Å². The second-order valence-electron chi connectivity index (χ2n) is 5.09. The summed E-state index contributed by atoms with van der Waals surface area (Å²) in [5.74, 6) is -0.865. The van der Waals surface area contributed by atoms with Crippen LogP contribution in [0.3, 0.4) is 0 Å². The maximum Gasteiger partial charge on any atom is 0.266 e. The molecule has 0 atom stereocenters. The Morgan fingerprint density at radius 3 is 2.72 bits per heavy atom. The maximum atomic E-state index is 13.9. The molecule has 0 heterocycles. The number of hydrogen-bond donors (Lipinski definition) is 1. The quantitative estimate of drug-likeness (QED) is 0.549. The van der Waals surface area contributed by atoms with Crippen molar-refractivity contribution in [2.45, 2.75) is 6.92 Å². The van der Waals surface area contributed by atoms with E-state index in [1.165, 1.54) is 25.3 Å². The molecule has 0 fully saturated rings. The SMILES string of the molecule is COc1cc(Cl)c(C)cc1NC(=O)/C(C#N)=C/c1ccc(Br)cc1F. The maximum absolute atomic E-state index is 13.9. The topological polar surface area (TPSA) is 62.1 Å². The monoisotopic (exact) mass is 422 g/mol. The molecule has 0 saturated carbocycles. The van der Waals surface area contributed by atoms with Gasteiger partial charge in [0.05, 0.1) is 12.8 Å². The van der Waals surface area contributed by atoms with Crippen molar-refractivity contribution in [1.29, 1.82) is 5.26 Å². The molecule has 4 nitrogen and oxygen atoms in total. The fourth-order valence-electron chi connectivity index (χ4n) is 2.04. The van der Waals surface area contributed by atoms with Crippen molar-refractivity contribution < 1.29 is 13.9 Å². The van der Waals surface area contributed by atoms with Crippen LogP contribution in [0.5, 0.6) is 5.75 Å². The van der Waals surface area contributed by atoms with Crippen LogP contribution in [-0.4, -0.2) is 13.0 Å². The molecule has 0 aliphatic heterocycles. The third-order valence-electron chi connectivity index (χ3n) is 3.36. The first-order chi connectivity index (χ1) is 11.8. The van der Waals surface area contributed by atoms with E-state index < -0.39 is 11.7 Å². The summed E-state index contributed by atoms with van der Waals surface area (Å²) < 4.78 is 19.6. The molecule has 0 aliphatic rings. The minimum absolute atomic E-state index is 0.133. The van der Waals surface area contributed by atoms with Crippen molar-refractivity contribution in [1.82, 2.24) is 0 Å². The molecule has 2 aromatic rings. The molecule has 128 valence electrons. The van der Waals surface area contributed by atoms with E-state index in [1.807, 2.05) is 0 Å². The van der Waals surface area contributed by atoms with Crippen molar-refractivity contribution in [3.05, 3.63) is 62.3 Å². The number of nitrogens with zero attached hydrogens (tertiary/aromatic N) is 1. The van der Waals surface area contributed by atoms with Gasteiger partial charge in [0.2, 0.25) is 0 Å². The van der Waals surface area contributed by atoms with Gasteiger partial charge in [-0.25, -0.2) is 4.39 Å². The van der Waals surface area contributed by atoms with E-state index in [4.69, 9.17) is 16.3 Å². The Kier molecular flexibility index (Phi) is 6.18. The molecule has 0 spiro atoms. The summed E-state index contributed by atoms with van der Waals surface area (Å²) in [6.07, 6.45) is 1.19. The standard InChI is InChI=1S/C18H13BrClFN2O2/c1-10-5-16(17(25-2)8-14(10)20)23-18(24)12(9-22)6-11-3-4-13(19)7-15(11)21/h3-8H,1-2H3,(H,23,24)/b12-6+. The molecule has 2 rings (SSSR count). The van der Waals surface area contributed by atoms with E-state index in [1.54, 1.807) is 31.2 Å². The predicted molar refractivity (Wildman–Crippen MR) is 99.1 cm³/mol. The van der Waals surface area contributed by atoms with Crippen molar-refractivity contribution in [2.75, 3.05) is 12.4 Å². The average Bonchev–Trinajstić information content (AvgIpc) is 2.57. The Hall–Kier alpha value is -2.36. The van der Waals surface area contributed by atoms with Crippen LogP contribution in [0.25, 0.3) is 6.08 Å². The van der Waals surface area contributed by atoms with E-state index in [0.717, 1.165) is 5.56 Å². The number of aryl methyl sites for hydroxylation is 1. The van der Waals surface area contributed by atoms with Gasteiger partial charge in [-0.15, -0.1) is 0 Å². The number of anilines is 1. The first kappa shape index (κ1) is 19.0. The highest BCUT2D eigenvalue weighted by Crippen LogP contribution is 2.31. The van der Waals surface area contributed by atoms with Gasteiger partial charge in [0, 0.05) is 21.1 Å². The molecular weight excluding hydrogens is 411 g/mol. The number of halogens is 3. The predicted octanol–water partition coefficient (Wildman–Crippen LogP) is 5.10. The smallest absolute Gasteiger partial charge is 0.266 e. The number of benzene rings is 2. The summed E-state index contributed by atoms with van der Waals surface area (Å²) in [6, 6.07) is 9.32. The van der Waals surface area contributed by atoms with Gasteiger partial charge < -0.3 is 10.1 Å². The zero-order valence-electron chi connectivity index (χ0n) is 13.4. The zero-order chi connectivity index (χ0) is 18.6. The number of rotatable bonds is 4. The number of nitriles is 1. The van der Waals surface area contributed by atoms with Crippen LogP contribution in [0.2, 0.25) is 5.02 Å². The molecule has 0 aliphatic carbocycles. The Balaban J connectivity index is 2.34. The van der Waals surface area contributed by atoms with Gasteiger partial charge in [-0.05, 0) is 36.8 Å². The highest BCUT2D eigenvalue weighted by Gasteiger charge is 2.15.